The Bertz CT molecular complexity index is 494. The van der Waals surface area contributed by atoms with Crippen molar-refractivity contribution in [2.24, 2.45) is 5.73 Å². The fourth-order valence-corrected chi connectivity index (χ4v) is 1.79. The lowest BCUT2D eigenvalue weighted by Crippen LogP contribution is -2.12. The molecule has 0 amide bonds. The van der Waals surface area contributed by atoms with Crippen molar-refractivity contribution in [3.8, 4) is 0 Å². The van der Waals surface area contributed by atoms with E-state index in [4.69, 9.17) is 5.73 Å². The van der Waals surface area contributed by atoms with Gasteiger partial charge in [0, 0.05) is 25.0 Å². The summed E-state index contributed by atoms with van der Waals surface area (Å²) in [6.45, 7) is 2.53. The SMILES string of the molecule is Cc1cc(CN)cc(N(C)c2ccccc2)n1. The first-order valence-corrected chi connectivity index (χ1v) is 5.67. The molecular formula is C14H17N3. The first-order valence-electron chi connectivity index (χ1n) is 5.67. The van der Waals surface area contributed by atoms with E-state index in [-0.39, 0.29) is 0 Å². The number of pyridine rings is 1. The number of hydrogen-bond acceptors (Lipinski definition) is 3. The maximum atomic E-state index is 5.68. The zero-order chi connectivity index (χ0) is 12.3. The van der Waals surface area contributed by atoms with Gasteiger partial charge < -0.3 is 10.6 Å². The normalized spacial score (nSPS) is 10.3. The summed E-state index contributed by atoms with van der Waals surface area (Å²) in [5, 5.41) is 0. The number of rotatable bonds is 3. The standard InChI is InChI=1S/C14H17N3/c1-11-8-12(10-15)9-14(16-11)17(2)13-6-4-3-5-7-13/h3-9H,10,15H2,1-2H3. The molecule has 0 radical (unpaired) electrons. The number of benzene rings is 1. The maximum absolute atomic E-state index is 5.68. The second-order valence-electron chi connectivity index (χ2n) is 4.07. The van der Waals surface area contributed by atoms with E-state index in [0.717, 1.165) is 22.8 Å². The van der Waals surface area contributed by atoms with E-state index < -0.39 is 0 Å². The first kappa shape index (κ1) is 11.6. The molecule has 2 rings (SSSR count). The third kappa shape index (κ3) is 2.63. The zero-order valence-corrected chi connectivity index (χ0v) is 10.2. The lowest BCUT2D eigenvalue weighted by Gasteiger charge is -2.19. The van der Waals surface area contributed by atoms with Crippen LogP contribution in [0.25, 0.3) is 0 Å². The summed E-state index contributed by atoms with van der Waals surface area (Å²) in [7, 11) is 2.01. The van der Waals surface area contributed by atoms with Crippen molar-refractivity contribution in [2.75, 3.05) is 11.9 Å². The highest BCUT2D eigenvalue weighted by Gasteiger charge is 2.06. The van der Waals surface area contributed by atoms with Gasteiger partial charge in [0.05, 0.1) is 0 Å². The Kier molecular flexibility index (Phi) is 3.40. The van der Waals surface area contributed by atoms with Crippen molar-refractivity contribution >= 4 is 11.5 Å². The van der Waals surface area contributed by atoms with Crippen molar-refractivity contribution < 1.29 is 0 Å². The minimum absolute atomic E-state index is 0.541. The van der Waals surface area contributed by atoms with Crippen molar-refractivity contribution in [3.05, 3.63) is 53.7 Å². The second kappa shape index (κ2) is 4.97. The van der Waals surface area contributed by atoms with Gasteiger partial charge in [-0.1, -0.05) is 18.2 Å². The van der Waals surface area contributed by atoms with Gasteiger partial charge in [-0.3, -0.25) is 0 Å². The highest BCUT2D eigenvalue weighted by atomic mass is 15.2. The highest BCUT2D eigenvalue weighted by Crippen LogP contribution is 2.22. The largest absolute Gasteiger partial charge is 0.329 e. The Morgan fingerprint density at radius 3 is 2.53 bits per heavy atom. The molecule has 0 fully saturated rings. The Morgan fingerprint density at radius 1 is 1.18 bits per heavy atom. The number of nitrogens with zero attached hydrogens (tertiary/aromatic N) is 2. The molecule has 1 heterocycles. The molecule has 17 heavy (non-hydrogen) atoms. The third-order valence-corrected chi connectivity index (χ3v) is 2.72. The summed E-state index contributed by atoms with van der Waals surface area (Å²) in [5.74, 6) is 0.927. The lowest BCUT2D eigenvalue weighted by molar-refractivity contribution is 1.02. The quantitative estimate of drug-likeness (QED) is 0.876. The van der Waals surface area contributed by atoms with E-state index in [2.05, 4.69) is 22.0 Å². The number of anilines is 2. The van der Waals surface area contributed by atoms with Gasteiger partial charge in [0.25, 0.3) is 0 Å². The van der Waals surface area contributed by atoms with E-state index >= 15 is 0 Å². The van der Waals surface area contributed by atoms with Crippen LogP contribution in [0, 0.1) is 6.92 Å². The van der Waals surface area contributed by atoms with Gasteiger partial charge in [-0.25, -0.2) is 4.98 Å². The molecule has 0 saturated heterocycles. The maximum Gasteiger partial charge on any atom is 0.133 e. The Morgan fingerprint density at radius 2 is 1.88 bits per heavy atom. The Labute approximate surface area is 102 Å². The predicted molar refractivity (Wildman–Crippen MR) is 71.4 cm³/mol. The van der Waals surface area contributed by atoms with Crippen LogP contribution in [0.4, 0.5) is 11.5 Å². The Balaban J connectivity index is 2.37. The number of nitrogens with two attached hydrogens (primary N) is 1. The molecule has 3 heteroatoms. The van der Waals surface area contributed by atoms with Crippen LogP contribution in [0.5, 0.6) is 0 Å². The molecule has 3 nitrogen and oxygen atoms in total. The van der Waals surface area contributed by atoms with Crippen molar-refractivity contribution in [2.45, 2.75) is 13.5 Å². The third-order valence-electron chi connectivity index (χ3n) is 2.72. The number of aromatic nitrogens is 1. The molecule has 0 spiro atoms. The summed E-state index contributed by atoms with van der Waals surface area (Å²) in [6, 6.07) is 14.2. The topological polar surface area (TPSA) is 42.1 Å². The molecule has 2 N–H and O–H groups in total. The lowest BCUT2D eigenvalue weighted by atomic mass is 10.2. The molecule has 0 aliphatic rings. The van der Waals surface area contributed by atoms with Crippen LogP contribution in [0.3, 0.4) is 0 Å². The van der Waals surface area contributed by atoms with Crippen LogP contribution in [-0.4, -0.2) is 12.0 Å². The average molecular weight is 227 g/mol. The van der Waals surface area contributed by atoms with Gasteiger partial charge in [-0.2, -0.15) is 0 Å². The molecule has 0 aliphatic heterocycles. The monoisotopic (exact) mass is 227 g/mol. The van der Waals surface area contributed by atoms with Gasteiger partial charge >= 0.3 is 0 Å². The molecule has 1 aromatic heterocycles. The fourth-order valence-electron chi connectivity index (χ4n) is 1.79. The van der Waals surface area contributed by atoms with Gasteiger partial charge in [0.2, 0.25) is 0 Å². The average Bonchev–Trinajstić information content (AvgIpc) is 2.38. The molecule has 0 saturated carbocycles. The van der Waals surface area contributed by atoms with Crippen LogP contribution in [0.15, 0.2) is 42.5 Å². The van der Waals surface area contributed by atoms with Gasteiger partial charge in [0.15, 0.2) is 0 Å². The summed E-state index contributed by atoms with van der Waals surface area (Å²) in [4.78, 5) is 6.59. The minimum Gasteiger partial charge on any atom is -0.329 e. The molecule has 0 atom stereocenters. The van der Waals surface area contributed by atoms with Crippen molar-refractivity contribution in [3.63, 3.8) is 0 Å². The van der Waals surface area contributed by atoms with Crippen LogP contribution >= 0.6 is 0 Å². The number of para-hydroxylation sites is 1. The predicted octanol–water partition coefficient (Wildman–Crippen LogP) is 2.62. The summed E-state index contributed by atoms with van der Waals surface area (Å²) in [6.07, 6.45) is 0. The first-order chi connectivity index (χ1) is 8.20. The van der Waals surface area contributed by atoms with Gasteiger partial charge in [-0.05, 0) is 36.8 Å². The van der Waals surface area contributed by atoms with Crippen LogP contribution in [0.1, 0.15) is 11.3 Å². The van der Waals surface area contributed by atoms with Crippen LogP contribution in [0.2, 0.25) is 0 Å². The van der Waals surface area contributed by atoms with E-state index in [9.17, 15) is 0 Å². The fraction of sp³-hybridized carbons (Fsp3) is 0.214. The van der Waals surface area contributed by atoms with Crippen molar-refractivity contribution in [1.82, 2.24) is 4.98 Å². The molecule has 0 aliphatic carbocycles. The van der Waals surface area contributed by atoms with E-state index in [1.54, 1.807) is 0 Å². The van der Waals surface area contributed by atoms with Gasteiger partial charge in [-0.15, -0.1) is 0 Å². The zero-order valence-electron chi connectivity index (χ0n) is 10.2. The van der Waals surface area contributed by atoms with Gasteiger partial charge in [0.1, 0.15) is 5.82 Å². The smallest absolute Gasteiger partial charge is 0.133 e. The highest BCUT2D eigenvalue weighted by molar-refractivity contribution is 5.59. The van der Waals surface area contributed by atoms with E-state index in [1.807, 2.05) is 44.3 Å². The molecule has 0 bridgehead atoms. The number of aryl methyl sites for hydroxylation is 1. The Hall–Kier alpha value is -1.87. The summed E-state index contributed by atoms with van der Waals surface area (Å²) < 4.78 is 0. The molecular weight excluding hydrogens is 210 g/mol. The molecule has 2 aromatic rings. The van der Waals surface area contributed by atoms with Crippen molar-refractivity contribution in [1.29, 1.82) is 0 Å². The minimum atomic E-state index is 0.541. The van der Waals surface area contributed by atoms with E-state index in [1.165, 1.54) is 0 Å². The molecule has 1 aromatic carbocycles. The van der Waals surface area contributed by atoms with Crippen LogP contribution in [-0.2, 0) is 6.54 Å². The van der Waals surface area contributed by atoms with E-state index in [0.29, 0.717) is 6.54 Å². The molecule has 0 unspecified atom stereocenters. The second-order valence-corrected chi connectivity index (χ2v) is 4.07. The molecule has 88 valence electrons. The summed E-state index contributed by atoms with van der Waals surface area (Å²) >= 11 is 0. The van der Waals surface area contributed by atoms with Crippen LogP contribution < -0.4 is 10.6 Å². The number of hydrogen-bond donors (Lipinski definition) is 1. The summed E-state index contributed by atoms with van der Waals surface area (Å²) in [5.41, 5.74) is 8.90.